The fourth-order valence-corrected chi connectivity index (χ4v) is 5.60. The van der Waals surface area contributed by atoms with Crippen LogP contribution in [0.1, 0.15) is 37.7 Å². The Balaban J connectivity index is 1.18. The predicted octanol–water partition coefficient (Wildman–Crippen LogP) is 4.18. The van der Waals surface area contributed by atoms with Gasteiger partial charge in [-0.25, -0.2) is 4.98 Å². The van der Waals surface area contributed by atoms with Gasteiger partial charge in [0.15, 0.2) is 0 Å². The van der Waals surface area contributed by atoms with E-state index in [9.17, 15) is 14.7 Å². The van der Waals surface area contributed by atoms with Crippen molar-refractivity contribution < 1.29 is 19.4 Å². The molecule has 9 heteroatoms. The normalized spacial score (nSPS) is 21.8. The lowest BCUT2D eigenvalue weighted by Gasteiger charge is -2.35. The maximum Gasteiger partial charge on any atom is 0.234 e. The number of carbonyl (C=O) groups is 2. The van der Waals surface area contributed by atoms with E-state index in [1.165, 1.54) is 11.8 Å². The van der Waals surface area contributed by atoms with Crippen LogP contribution < -0.4 is 15.4 Å². The SMILES string of the molecule is COc1ccc2nccc(CC[C@]3(O)CC[C@@H](C(=O)Nc4ccc5c(c4)NC(=O)CS5)CC3)c2n1. The van der Waals surface area contributed by atoms with E-state index < -0.39 is 5.60 Å². The highest BCUT2D eigenvalue weighted by molar-refractivity contribution is 8.00. The number of aliphatic hydroxyl groups is 1. The molecule has 3 heterocycles. The van der Waals surface area contributed by atoms with E-state index in [0.29, 0.717) is 55.8 Å². The summed E-state index contributed by atoms with van der Waals surface area (Å²) >= 11 is 1.49. The number of rotatable bonds is 6. The van der Waals surface area contributed by atoms with Gasteiger partial charge in [-0.2, -0.15) is 0 Å². The zero-order chi connectivity index (χ0) is 24.4. The molecule has 0 saturated heterocycles. The van der Waals surface area contributed by atoms with Crippen LogP contribution in [0.4, 0.5) is 11.4 Å². The molecule has 1 saturated carbocycles. The Morgan fingerprint density at radius 1 is 1.26 bits per heavy atom. The number of ether oxygens (including phenoxy) is 1. The first-order valence-corrected chi connectivity index (χ1v) is 12.8. The van der Waals surface area contributed by atoms with Crippen molar-refractivity contribution in [3.63, 3.8) is 0 Å². The van der Waals surface area contributed by atoms with E-state index in [0.717, 1.165) is 27.2 Å². The van der Waals surface area contributed by atoms with Crippen LogP contribution in [-0.2, 0) is 16.0 Å². The van der Waals surface area contributed by atoms with E-state index in [1.54, 1.807) is 25.4 Å². The molecule has 5 rings (SSSR count). The second-order valence-electron chi connectivity index (χ2n) is 9.23. The molecule has 2 amide bonds. The molecule has 0 atom stereocenters. The number of hydrogen-bond donors (Lipinski definition) is 3. The second kappa shape index (κ2) is 9.83. The first-order chi connectivity index (χ1) is 16.9. The third-order valence-corrected chi connectivity index (χ3v) is 7.95. The van der Waals surface area contributed by atoms with Crippen molar-refractivity contribution in [1.82, 2.24) is 9.97 Å². The fourth-order valence-electron chi connectivity index (χ4n) is 4.82. The highest BCUT2D eigenvalue weighted by Crippen LogP contribution is 2.37. The Kier molecular flexibility index (Phi) is 6.62. The number of methoxy groups -OCH3 is 1. The zero-order valence-electron chi connectivity index (χ0n) is 19.5. The summed E-state index contributed by atoms with van der Waals surface area (Å²) in [6.45, 7) is 0. The number of nitrogens with one attached hydrogen (secondary N) is 2. The minimum atomic E-state index is -0.807. The maximum atomic E-state index is 12.9. The third kappa shape index (κ3) is 5.26. The molecule has 0 unspecified atom stereocenters. The maximum absolute atomic E-state index is 12.9. The standard InChI is InChI=1S/C26H28N4O4S/c1-34-23-5-3-19-24(30-23)16(9-13-27-19)6-10-26(33)11-7-17(8-12-26)25(32)28-18-2-4-21-20(14-18)29-22(31)15-35-21/h2-5,9,13-14,17,33H,6-8,10-12,15H2,1H3,(H,28,32)(H,29,31)/t17-,26+. The molecule has 8 nitrogen and oxygen atoms in total. The smallest absolute Gasteiger partial charge is 0.234 e. The molecule has 1 aromatic carbocycles. The Hall–Kier alpha value is -3.17. The van der Waals surface area contributed by atoms with Gasteiger partial charge in [0.25, 0.3) is 0 Å². The van der Waals surface area contributed by atoms with Crippen LogP contribution in [0.3, 0.4) is 0 Å². The average molecular weight is 493 g/mol. The predicted molar refractivity (Wildman–Crippen MR) is 136 cm³/mol. The Morgan fingerprint density at radius 2 is 2.09 bits per heavy atom. The summed E-state index contributed by atoms with van der Waals surface area (Å²) in [5, 5.41) is 17.1. The highest BCUT2D eigenvalue weighted by Gasteiger charge is 2.35. The van der Waals surface area contributed by atoms with Crippen LogP contribution in [0.15, 0.2) is 47.5 Å². The van der Waals surface area contributed by atoms with Crippen LogP contribution in [0, 0.1) is 5.92 Å². The molecule has 1 aliphatic carbocycles. The summed E-state index contributed by atoms with van der Waals surface area (Å²) in [4.78, 5) is 34.5. The number of amides is 2. The first kappa shape index (κ1) is 23.6. The van der Waals surface area contributed by atoms with Gasteiger partial charge in [-0.05, 0) is 74.4 Å². The molecule has 182 valence electrons. The van der Waals surface area contributed by atoms with Crippen LogP contribution in [0.2, 0.25) is 0 Å². The summed E-state index contributed by atoms with van der Waals surface area (Å²) in [5.41, 5.74) is 3.22. The van der Waals surface area contributed by atoms with Crippen molar-refractivity contribution in [1.29, 1.82) is 0 Å². The molecule has 0 spiro atoms. The van der Waals surface area contributed by atoms with Crippen molar-refractivity contribution in [3.8, 4) is 5.88 Å². The number of thioether (sulfide) groups is 1. The number of aryl methyl sites for hydroxylation is 1. The number of aromatic nitrogens is 2. The first-order valence-electron chi connectivity index (χ1n) is 11.8. The van der Waals surface area contributed by atoms with Gasteiger partial charge in [0, 0.05) is 28.8 Å². The number of anilines is 2. The van der Waals surface area contributed by atoms with Gasteiger partial charge in [-0.3, -0.25) is 14.6 Å². The van der Waals surface area contributed by atoms with Crippen LogP contribution in [0.25, 0.3) is 11.0 Å². The molecule has 1 aliphatic heterocycles. The summed E-state index contributed by atoms with van der Waals surface area (Å²) in [6.07, 6.45) is 5.43. The average Bonchev–Trinajstić information content (AvgIpc) is 2.87. The number of benzene rings is 1. The van der Waals surface area contributed by atoms with Crippen molar-refractivity contribution >= 4 is 46.0 Å². The molecule has 2 aliphatic rings. The van der Waals surface area contributed by atoms with Crippen molar-refractivity contribution in [2.45, 2.75) is 49.0 Å². The second-order valence-corrected chi connectivity index (χ2v) is 10.2. The molecule has 0 bridgehead atoms. The molecule has 3 N–H and O–H groups in total. The van der Waals surface area contributed by atoms with Crippen LogP contribution in [0.5, 0.6) is 5.88 Å². The summed E-state index contributed by atoms with van der Waals surface area (Å²) in [7, 11) is 1.59. The lowest BCUT2D eigenvalue weighted by Crippen LogP contribution is -2.38. The molecule has 1 fully saturated rings. The van der Waals surface area contributed by atoms with Gasteiger partial charge < -0.3 is 20.5 Å². The number of carbonyl (C=O) groups excluding carboxylic acids is 2. The lowest BCUT2D eigenvalue weighted by atomic mass is 9.76. The quantitative estimate of drug-likeness (QED) is 0.473. The Morgan fingerprint density at radius 3 is 2.89 bits per heavy atom. The molecular formula is C26H28N4O4S. The third-order valence-electron chi connectivity index (χ3n) is 6.88. The van der Waals surface area contributed by atoms with E-state index in [2.05, 4.69) is 20.6 Å². The number of pyridine rings is 2. The number of hydrogen-bond acceptors (Lipinski definition) is 7. The largest absolute Gasteiger partial charge is 0.481 e. The Bertz CT molecular complexity index is 1270. The van der Waals surface area contributed by atoms with E-state index in [-0.39, 0.29) is 17.7 Å². The molecular weight excluding hydrogens is 464 g/mol. The summed E-state index contributed by atoms with van der Waals surface area (Å²) < 4.78 is 5.25. The topological polar surface area (TPSA) is 113 Å². The van der Waals surface area contributed by atoms with E-state index >= 15 is 0 Å². The lowest BCUT2D eigenvalue weighted by molar-refractivity contribution is -0.122. The van der Waals surface area contributed by atoms with Gasteiger partial charge in [-0.1, -0.05) is 0 Å². The van der Waals surface area contributed by atoms with Crippen LogP contribution >= 0.6 is 11.8 Å². The van der Waals surface area contributed by atoms with E-state index in [4.69, 9.17) is 4.74 Å². The fraction of sp³-hybridized carbons (Fsp3) is 0.385. The van der Waals surface area contributed by atoms with E-state index in [1.807, 2.05) is 24.3 Å². The Labute approximate surface area is 207 Å². The molecule has 2 aromatic heterocycles. The summed E-state index contributed by atoms with van der Waals surface area (Å²) in [5.74, 6) is 0.719. The minimum absolute atomic E-state index is 0.0350. The number of fused-ring (bicyclic) bond motifs is 2. The zero-order valence-corrected chi connectivity index (χ0v) is 20.4. The monoisotopic (exact) mass is 492 g/mol. The summed E-state index contributed by atoms with van der Waals surface area (Å²) in [6, 6.07) is 11.2. The minimum Gasteiger partial charge on any atom is -0.481 e. The number of nitrogens with zero attached hydrogens (tertiary/aromatic N) is 2. The van der Waals surface area contributed by atoms with Gasteiger partial charge in [0.05, 0.1) is 35.2 Å². The van der Waals surface area contributed by atoms with Gasteiger partial charge in [-0.15, -0.1) is 11.8 Å². The van der Waals surface area contributed by atoms with Crippen molar-refractivity contribution in [2.24, 2.45) is 5.92 Å². The van der Waals surface area contributed by atoms with Crippen LogP contribution in [-0.4, -0.2) is 45.4 Å². The van der Waals surface area contributed by atoms with Gasteiger partial charge in [0.1, 0.15) is 0 Å². The van der Waals surface area contributed by atoms with Gasteiger partial charge >= 0.3 is 0 Å². The van der Waals surface area contributed by atoms with Gasteiger partial charge in [0.2, 0.25) is 17.7 Å². The highest BCUT2D eigenvalue weighted by atomic mass is 32.2. The van der Waals surface area contributed by atoms with Crippen molar-refractivity contribution in [2.75, 3.05) is 23.5 Å². The molecule has 0 radical (unpaired) electrons. The molecule has 35 heavy (non-hydrogen) atoms. The van der Waals surface area contributed by atoms with Crippen molar-refractivity contribution in [3.05, 3.63) is 48.2 Å². The molecule has 3 aromatic rings.